The maximum absolute atomic E-state index is 13.0. The van der Waals surface area contributed by atoms with E-state index in [9.17, 15) is 9.18 Å². The number of carboxylic acids is 1. The van der Waals surface area contributed by atoms with Crippen LogP contribution in [0.1, 0.15) is 15.9 Å². The zero-order chi connectivity index (χ0) is 14.0. The molecule has 0 atom stereocenters. The van der Waals surface area contributed by atoms with Crippen LogP contribution in [-0.2, 0) is 0 Å². The topological polar surface area (TPSA) is 46.5 Å². The van der Waals surface area contributed by atoms with Crippen LogP contribution in [0.25, 0.3) is 0 Å². The van der Waals surface area contributed by atoms with Gasteiger partial charge in [0, 0.05) is 0 Å². The number of hydrogen-bond donors (Lipinski definition) is 1. The van der Waals surface area contributed by atoms with E-state index in [4.69, 9.17) is 21.4 Å². The first-order valence-electron chi connectivity index (χ1n) is 5.44. The van der Waals surface area contributed by atoms with E-state index in [1.807, 2.05) is 0 Å². The van der Waals surface area contributed by atoms with Crippen molar-refractivity contribution in [2.24, 2.45) is 0 Å². The monoisotopic (exact) mass is 280 g/mol. The third kappa shape index (κ3) is 3.03. The van der Waals surface area contributed by atoms with Crippen LogP contribution in [0.15, 0.2) is 36.4 Å². The maximum Gasteiger partial charge on any atom is 0.335 e. The number of benzene rings is 2. The predicted octanol–water partition coefficient (Wildman–Crippen LogP) is 4.28. The summed E-state index contributed by atoms with van der Waals surface area (Å²) < 4.78 is 18.5. The van der Waals surface area contributed by atoms with Crippen molar-refractivity contribution in [3.8, 4) is 11.5 Å². The summed E-state index contributed by atoms with van der Waals surface area (Å²) >= 11 is 5.94. The molecule has 0 amide bonds. The van der Waals surface area contributed by atoms with Gasteiger partial charge < -0.3 is 9.84 Å². The number of hydrogen-bond acceptors (Lipinski definition) is 2. The lowest BCUT2D eigenvalue weighted by atomic mass is 10.2. The zero-order valence-corrected chi connectivity index (χ0v) is 10.7. The molecule has 0 aromatic heterocycles. The van der Waals surface area contributed by atoms with Crippen LogP contribution in [0.4, 0.5) is 4.39 Å². The van der Waals surface area contributed by atoms with Crippen LogP contribution in [0, 0.1) is 12.7 Å². The SMILES string of the molecule is Cc1cc(F)ccc1Oc1ccc(C(=O)O)cc1Cl. The average molecular weight is 281 g/mol. The first kappa shape index (κ1) is 13.4. The fraction of sp³-hybridized carbons (Fsp3) is 0.0714. The largest absolute Gasteiger partial charge is 0.478 e. The van der Waals surface area contributed by atoms with Crippen LogP contribution in [-0.4, -0.2) is 11.1 Å². The van der Waals surface area contributed by atoms with Crippen LogP contribution < -0.4 is 4.74 Å². The number of aryl methyl sites for hydroxylation is 1. The molecule has 5 heteroatoms. The van der Waals surface area contributed by atoms with Gasteiger partial charge >= 0.3 is 5.97 Å². The Morgan fingerprint density at radius 3 is 2.47 bits per heavy atom. The molecule has 0 fully saturated rings. The second kappa shape index (κ2) is 5.28. The molecule has 0 heterocycles. The first-order chi connectivity index (χ1) is 8.97. The fourth-order valence-electron chi connectivity index (χ4n) is 1.56. The molecule has 1 N–H and O–H groups in total. The zero-order valence-electron chi connectivity index (χ0n) is 9.98. The molecule has 0 aliphatic carbocycles. The molecule has 2 rings (SSSR count). The number of rotatable bonds is 3. The van der Waals surface area contributed by atoms with Gasteiger partial charge in [-0.2, -0.15) is 0 Å². The van der Waals surface area contributed by atoms with E-state index in [0.29, 0.717) is 17.1 Å². The van der Waals surface area contributed by atoms with Gasteiger partial charge in [0.1, 0.15) is 17.3 Å². The lowest BCUT2D eigenvalue weighted by molar-refractivity contribution is 0.0697. The summed E-state index contributed by atoms with van der Waals surface area (Å²) in [4.78, 5) is 10.8. The van der Waals surface area contributed by atoms with E-state index in [-0.39, 0.29) is 16.4 Å². The van der Waals surface area contributed by atoms with Gasteiger partial charge in [0.05, 0.1) is 10.6 Å². The second-order valence-electron chi connectivity index (χ2n) is 3.96. The van der Waals surface area contributed by atoms with Gasteiger partial charge in [-0.15, -0.1) is 0 Å². The Labute approximate surface area is 114 Å². The van der Waals surface area contributed by atoms with Crippen LogP contribution in [0.2, 0.25) is 5.02 Å². The van der Waals surface area contributed by atoms with E-state index >= 15 is 0 Å². The summed E-state index contributed by atoms with van der Waals surface area (Å²) in [5.41, 5.74) is 0.701. The number of halogens is 2. The highest BCUT2D eigenvalue weighted by Gasteiger charge is 2.10. The fourth-order valence-corrected chi connectivity index (χ4v) is 1.78. The smallest absolute Gasteiger partial charge is 0.335 e. The quantitative estimate of drug-likeness (QED) is 0.913. The minimum absolute atomic E-state index is 0.0770. The summed E-state index contributed by atoms with van der Waals surface area (Å²) in [6.45, 7) is 1.71. The van der Waals surface area contributed by atoms with E-state index in [1.165, 1.54) is 36.4 Å². The Morgan fingerprint density at radius 2 is 1.89 bits per heavy atom. The van der Waals surface area contributed by atoms with E-state index in [2.05, 4.69) is 0 Å². The van der Waals surface area contributed by atoms with Crippen molar-refractivity contribution in [3.05, 3.63) is 58.4 Å². The van der Waals surface area contributed by atoms with Crippen LogP contribution >= 0.6 is 11.6 Å². The molecule has 0 saturated heterocycles. The number of ether oxygens (including phenoxy) is 1. The van der Waals surface area contributed by atoms with Gasteiger partial charge in [-0.25, -0.2) is 9.18 Å². The highest BCUT2D eigenvalue weighted by atomic mass is 35.5. The molecular formula is C14H10ClFO3. The van der Waals surface area contributed by atoms with Crippen molar-refractivity contribution in [2.45, 2.75) is 6.92 Å². The van der Waals surface area contributed by atoms with E-state index in [0.717, 1.165) is 0 Å². The number of aromatic carboxylic acids is 1. The third-order valence-corrected chi connectivity index (χ3v) is 2.83. The summed E-state index contributed by atoms with van der Waals surface area (Å²) in [5, 5.41) is 9.01. The number of carboxylic acid groups (broad SMARTS) is 1. The van der Waals surface area contributed by atoms with Gasteiger partial charge in [0.25, 0.3) is 0 Å². The first-order valence-corrected chi connectivity index (χ1v) is 5.82. The highest BCUT2D eigenvalue weighted by Crippen LogP contribution is 2.32. The summed E-state index contributed by atoms with van der Waals surface area (Å²) in [6.07, 6.45) is 0. The van der Waals surface area contributed by atoms with Crippen LogP contribution in [0.3, 0.4) is 0 Å². The molecule has 0 radical (unpaired) electrons. The Morgan fingerprint density at radius 1 is 1.21 bits per heavy atom. The van der Waals surface area contributed by atoms with Crippen LogP contribution in [0.5, 0.6) is 11.5 Å². The Balaban J connectivity index is 2.31. The Kier molecular flexibility index (Phi) is 3.71. The van der Waals surface area contributed by atoms with E-state index in [1.54, 1.807) is 6.92 Å². The van der Waals surface area contributed by atoms with Crippen molar-refractivity contribution in [1.82, 2.24) is 0 Å². The minimum Gasteiger partial charge on any atom is -0.478 e. The van der Waals surface area contributed by atoms with Crippen molar-refractivity contribution in [1.29, 1.82) is 0 Å². The summed E-state index contributed by atoms with van der Waals surface area (Å²) in [5.74, 6) is -0.628. The molecule has 98 valence electrons. The summed E-state index contributed by atoms with van der Waals surface area (Å²) in [6, 6.07) is 8.28. The maximum atomic E-state index is 13.0. The predicted molar refractivity (Wildman–Crippen MR) is 69.6 cm³/mol. The molecular weight excluding hydrogens is 271 g/mol. The number of carbonyl (C=O) groups is 1. The third-order valence-electron chi connectivity index (χ3n) is 2.54. The molecule has 0 aliphatic heterocycles. The molecule has 2 aromatic rings. The standard InChI is InChI=1S/C14H10ClFO3/c1-8-6-10(16)3-5-12(8)19-13-4-2-9(14(17)18)7-11(13)15/h2-7H,1H3,(H,17,18). The van der Waals surface area contributed by atoms with Gasteiger partial charge in [0.15, 0.2) is 0 Å². The van der Waals surface area contributed by atoms with E-state index < -0.39 is 5.97 Å². The Hall–Kier alpha value is -2.07. The second-order valence-corrected chi connectivity index (χ2v) is 4.37. The van der Waals surface area contributed by atoms with Gasteiger partial charge in [-0.05, 0) is 48.9 Å². The molecule has 3 nitrogen and oxygen atoms in total. The molecule has 0 unspecified atom stereocenters. The summed E-state index contributed by atoms with van der Waals surface area (Å²) in [7, 11) is 0. The Bertz CT molecular complexity index is 641. The lowest BCUT2D eigenvalue weighted by Gasteiger charge is -2.10. The van der Waals surface area contributed by atoms with Crippen molar-refractivity contribution >= 4 is 17.6 Å². The highest BCUT2D eigenvalue weighted by molar-refractivity contribution is 6.32. The normalized spacial score (nSPS) is 10.3. The van der Waals surface area contributed by atoms with Gasteiger partial charge in [-0.3, -0.25) is 0 Å². The van der Waals surface area contributed by atoms with Crippen molar-refractivity contribution < 1.29 is 19.0 Å². The van der Waals surface area contributed by atoms with Gasteiger partial charge in [-0.1, -0.05) is 11.6 Å². The average Bonchev–Trinajstić information content (AvgIpc) is 2.34. The molecule has 0 bridgehead atoms. The molecule has 0 aliphatic rings. The molecule has 19 heavy (non-hydrogen) atoms. The molecule has 2 aromatic carbocycles. The van der Waals surface area contributed by atoms with Crippen molar-refractivity contribution in [3.63, 3.8) is 0 Å². The minimum atomic E-state index is -1.06. The van der Waals surface area contributed by atoms with Gasteiger partial charge in [0.2, 0.25) is 0 Å². The molecule has 0 saturated carbocycles. The van der Waals surface area contributed by atoms with Crippen molar-refractivity contribution in [2.75, 3.05) is 0 Å². The molecule has 0 spiro atoms. The lowest BCUT2D eigenvalue weighted by Crippen LogP contribution is -1.96.